The first-order valence-corrected chi connectivity index (χ1v) is 9.15. The van der Waals surface area contributed by atoms with Crippen LogP contribution in [0.1, 0.15) is 18.2 Å². The molecule has 1 unspecified atom stereocenters. The number of methoxy groups -OCH3 is 1. The minimum atomic E-state index is -1.26. The van der Waals surface area contributed by atoms with Gasteiger partial charge in [0.15, 0.2) is 5.82 Å². The maximum absolute atomic E-state index is 11.4. The van der Waals surface area contributed by atoms with E-state index in [1.807, 2.05) is 66.0 Å². The van der Waals surface area contributed by atoms with Crippen LogP contribution in [0, 0.1) is 0 Å². The van der Waals surface area contributed by atoms with Gasteiger partial charge in [0.2, 0.25) is 0 Å². The molecule has 1 atom stereocenters. The van der Waals surface area contributed by atoms with Crippen molar-refractivity contribution in [3.8, 4) is 16.5 Å². The summed E-state index contributed by atoms with van der Waals surface area (Å²) < 4.78 is 5.22. The highest BCUT2D eigenvalue weighted by Gasteiger charge is 2.30. The topological polar surface area (TPSA) is 55.2 Å². The van der Waals surface area contributed by atoms with Crippen molar-refractivity contribution in [1.82, 2.24) is 9.97 Å². The molecule has 0 aliphatic rings. The number of rotatable bonds is 4. The maximum Gasteiger partial charge on any atom is 0.170 e. The second kappa shape index (κ2) is 6.52. The van der Waals surface area contributed by atoms with Crippen LogP contribution in [0.25, 0.3) is 21.6 Å². The standard InChI is InChI=1S/C21H18N2O2S/c1-21(24,14-9-11-15(25-2)12-10-14)19-16-6-3-4-7-17(16)22-20(23-19)18-8-5-13-26-18/h3-13,24H,1-2H3. The molecule has 0 radical (unpaired) electrons. The molecule has 0 fully saturated rings. The van der Waals surface area contributed by atoms with Crippen molar-refractivity contribution >= 4 is 22.2 Å². The quantitative estimate of drug-likeness (QED) is 0.575. The van der Waals surface area contributed by atoms with Crippen molar-refractivity contribution in [2.75, 3.05) is 7.11 Å². The first-order chi connectivity index (χ1) is 12.6. The SMILES string of the molecule is COc1ccc(C(C)(O)c2nc(-c3cccs3)nc3ccccc23)cc1. The summed E-state index contributed by atoms with van der Waals surface area (Å²) in [5, 5.41) is 14.2. The molecular formula is C21H18N2O2S. The van der Waals surface area contributed by atoms with Crippen molar-refractivity contribution in [2.24, 2.45) is 0 Å². The molecule has 2 heterocycles. The number of thiophene rings is 1. The van der Waals surface area contributed by atoms with Gasteiger partial charge in [-0.1, -0.05) is 36.4 Å². The van der Waals surface area contributed by atoms with Gasteiger partial charge in [0, 0.05) is 5.39 Å². The molecule has 0 aliphatic carbocycles. The summed E-state index contributed by atoms with van der Waals surface area (Å²) in [6, 6.07) is 19.1. The van der Waals surface area contributed by atoms with E-state index in [1.165, 1.54) is 0 Å². The van der Waals surface area contributed by atoms with Crippen LogP contribution in [-0.2, 0) is 5.60 Å². The summed E-state index contributed by atoms with van der Waals surface area (Å²) >= 11 is 1.58. The molecule has 2 aromatic heterocycles. The van der Waals surface area contributed by atoms with Gasteiger partial charge in [-0.25, -0.2) is 9.97 Å². The number of nitrogens with zero attached hydrogens (tertiary/aromatic N) is 2. The molecule has 0 amide bonds. The average Bonchev–Trinajstić information content (AvgIpc) is 3.22. The lowest BCUT2D eigenvalue weighted by Crippen LogP contribution is -2.25. The highest BCUT2D eigenvalue weighted by Crippen LogP contribution is 2.35. The average molecular weight is 362 g/mol. The summed E-state index contributed by atoms with van der Waals surface area (Å²) in [6.07, 6.45) is 0. The van der Waals surface area contributed by atoms with Crippen LogP contribution in [0.5, 0.6) is 5.75 Å². The lowest BCUT2D eigenvalue weighted by Gasteiger charge is -2.25. The Morgan fingerprint density at radius 2 is 1.73 bits per heavy atom. The summed E-state index contributed by atoms with van der Waals surface area (Å²) in [4.78, 5) is 10.4. The number of aliphatic hydroxyl groups is 1. The van der Waals surface area contributed by atoms with Crippen molar-refractivity contribution < 1.29 is 9.84 Å². The Balaban J connectivity index is 1.93. The normalized spacial score (nSPS) is 13.5. The van der Waals surface area contributed by atoms with Crippen LogP contribution in [0.3, 0.4) is 0 Å². The number of hydrogen-bond donors (Lipinski definition) is 1. The van der Waals surface area contributed by atoms with Crippen LogP contribution >= 0.6 is 11.3 Å². The third-order valence-electron chi connectivity index (χ3n) is 4.46. The van der Waals surface area contributed by atoms with Gasteiger partial charge >= 0.3 is 0 Å². The Bertz CT molecular complexity index is 1040. The summed E-state index contributed by atoms with van der Waals surface area (Å²) in [6.45, 7) is 1.77. The predicted molar refractivity (Wildman–Crippen MR) is 105 cm³/mol. The minimum Gasteiger partial charge on any atom is -0.497 e. The Hall–Kier alpha value is -2.76. The van der Waals surface area contributed by atoms with E-state index in [0.29, 0.717) is 11.5 Å². The predicted octanol–water partition coefficient (Wildman–Crippen LogP) is 4.62. The third-order valence-corrected chi connectivity index (χ3v) is 5.32. The molecule has 0 spiro atoms. The van der Waals surface area contributed by atoms with E-state index in [0.717, 1.165) is 27.1 Å². The molecule has 26 heavy (non-hydrogen) atoms. The summed E-state index contributed by atoms with van der Waals surface area (Å²) in [5.41, 5.74) is 0.895. The number of ether oxygens (including phenoxy) is 1. The molecule has 4 aromatic rings. The lowest BCUT2D eigenvalue weighted by atomic mass is 9.89. The first kappa shape index (κ1) is 16.7. The van der Waals surface area contributed by atoms with E-state index in [9.17, 15) is 5.11 Å². The molecule has 2 aromatic carbocycles. The Morgan fingerprint density at radius 3 is 2.42 bits per heavy atom. The van der Waals surface area contributed by atoms with Crippen LogP contribution in [0.2, 0.25) is 0 Å². The van der Waals surface area contributed by atoms with E-state index in [4.69, 9.17) is 9.72 Å². The Morgan fingerprint density at radius 1 is 0.962 bits per heavy atom. The smallest absolute Gasteiger partial charge is 0.170 e. The van der Waals surface area contributed by atoms with Crippen molar-refractivity contribution in [1.29, 1.82) is 0 Å². The van der Waals surface area contributed by atoms with Crippen LogP contribution in [-0.4, -0.2) is 22.2 Å². The number of fused-ring (bicyclic) bond motifs is 1. The fourth-order valence-electron chi connectivity index (χ4n) is 3.02. The highest BCUT2D eigenvalue weighted by molar-refractivity contribution is 7.13. The van der Waals surface area contributed by atoms with Crippen LogP contribution < -0.4 is 4.74 Å². The molecule has 0 bridgehead atoms. The van der Waals surface area contributed by atoms with Gasteiger partial charge in [0.1, 0.15) is 11.4 Å². The van der Waals surface area contributed by atoms with Gasteiger partial charge in [-0.3, -0.25) is 0 Å². The summed E-state index contributed by atoms with van der Waals surface area (Å²) in [5.74, 6) is 1.37. The number of benzene rings is 2. The van der Waals surface area contributed by atoms with E-state index < -0.39 is 5.60 Å². The lowest BCUT2D eigenvalue weighted by molar-refractivity contribution is 0.0991. The second-order valence-electron chi connectivity index (χ2n) is 6.19. The first-order valence-electron chi connectivity index (χ1n) is 8.27. The van der Waals surface area contributed by atoms with Crippen LogP contribution in [0.15, 0.2) is 66.0 Å². The number of para-hydroxylation sites is 1. The number of aromatic nitrogens is 2. The molecule has 1 N–H and O–H groups in total. The van der Waals surface area contributed by atoms with Gasteiger partial charge in [0.25, 0.3) is 0 Å². The van der Waals surface area contributed by atoms with Gasteiger partial charge in [0.05, 0.1) is 23.2 Å². The fraction of sp³-hybridized carbons (Fsp3) is 0.143. The van der Waals surface area contributed by atoms with Gasteiger partial charge in [-0.15, -0.1) is 11.3 Å². The zero-order valence-electron chi connectivity index (χ0n) is 14.5. The van der Waals surface area contributed by atoms with E-state index in [2.05, 4.69) is 4.98 Å². The maximum atomic E-state index is 11.4. The molecule has 4 rings (SSSR count). The molecule has 5 heteroatoms. The zero-order valence-corrected chi connectivity index (χ0v) is 15.3. The Kier molecular flexibility index (Phi) is 4.18. The molecule has 0 saturated heterocycles. The van der Waals surface area contributed by atoms with Gasteiger partial charge in [-0.2, -0.15) is 0 Å². The van der Waals surface area contributed by atoms with E-state index in [-0.39, 0.29) is 0 Å². The summed E-state index contributed by atoms with van der Waals surface area (Å²) in [7, 11) is 1.62. The minimum absolute atomic E-state index is 0.594. The number of hydrogen-bond acceptors (Lipinski definition) is 5. The van der Waals surface area contributed by atoms with Crippen molar-refractivity contribution in [3.63, 3.8) is 0 Å². The zero-order chi connectivity index (χ0) is 18.1. The monoisotopic (exact) mass is 362 g/mol. The van der Waals surface area contributed by atoms with Gasteiger partial charge in [-0.05, 0) is 42.1 Å². The second-order valence-corrected chi connectivity index (χ2v) is 7.14. The molecule has 4 nitrogen and oxygen atoms in total. The fourth-order valence-corrected chi connectivity index (χ4v) is 3.67. The Labute approximate surface area is 155 Å². The van der Waals surface area contributed by atoms with Crippen molar-refractivity contribution in [2.45, 2.75) is 12.5 Å². The highest BCUT2D eigenvalue weighted by atomic mass is 32.1. The largest absolute Gasteiger partial charge is 0.497 e. The third kappa shape index (κ3) is 2.85. The molecule has 130 valence electrons. The van der Waals surface area contributed by atoms with Crippen LogP contribution in [0.4, 0.5) is 0 Å². The molecular weight excluding hydrogens is 344 g/mol. The van der Waals surface area contributed by atoms with E-state index >= 15 is 0 Å². The molecule has 0 saturated carbocycles. The van der Waals surface area contributed by atoms with Crippen molar-refractivity contribution in [3.05, 3.63) is 77.3 Å². The van der Waals surface area contributed by atoms with Gasteiger partial charge < -0.3 is 9.84 Å². The van der Waals surface area contributed by atoms with E-state index in [1.54, 1.807) is 25.4 Å². The molecule has 0 aliphatic heterocycles.